The van der Waals surface area contributed by atoms with Crippen molar-refractivity contribution in [2.45, 2.75) is 71.6 Å². The van der Waals surface area contributed by atoms with Gasteiger partial charge in [-0.3, -0.25) is 4.79 Å². The number of carbonyl (C=O) groups is 1. The molecule has 0 spiro atoms. The maximum Gasteiger partial charge on any atom is 0.168 e. The smallest absolute Gasteiger partial charge is 0.168 e. The molecule has 0 amide bonds. The fourth-order valence-corrected chi connectivity index (χ4v) is 6.08. The molecular formula is C23H34O4. The van der Waals surface area contributed by atoms with Gasteiger partial charge in [0.1, 0.15) is 11.5 Å². The Balaban J connectivity index is 2.43. The molecule has 0 N–H and O–H groups in total. The molecule has 3 rings (SSSR count). The Bertz CT molecular complexity index is 762. The van der Waals surface area contributed by atoms with Crippen molar-refractivity contribution in [2.24, 2.45) is 11.3 Å². The fraction of sp³-hybridized carbons (Fsp3) is 0.696. The second kappa shape index (κ2) is 6.72. The van der Waals surface area contributed by atoms with E-state index in [0.717, 1.165) is 53.2 Å². The average Bonchev–Trinajstić information content (AvgIpc) is 2.58. The summed E-state index contributed by atoms with van der Waals surface area (Å²) < 4.78 is 17.7. The number of fused-ring (bicyclic) bond motifs is 3. The van der Waals surface area contributed by atoms with Gasteiger partial charge in [0.05, 0.1) is 21.3 Å². The number of ketones is 1. The topological polar surface area (TPSA) is 44.8 Å². The van der Waals surface area contributed by atoms with E-state index in [1.54, 1.807) is 21.3 Å². The highest BCUT2D eigenvalue weighted by Crippen LogP contribution is 2.61. The Morgan fingerprint density at radius 1 is 0.926 bits per heavy atom. The first-order chi connectivity index (χ1) is 12.6. The monoisotopic (exact) mass is 374 g/mol. The maximum atomic E-state index is 13.4. The molecule has 1 fully saturated rings. The van der Waals surface area contributed by atoms with Gasteiger partial charge in [-0.2, -0.15) is 0 Å². The van der Waals surface area contributed by atoms with Crippen LogP contribution >= 0.6 is 0 Å². The molecular weight excluding hydrogens is 340 g/mol. The lowest BCUT2D eigenvalue weighted by Gasteiger charge is -2.53. The van der Waals surface area contributed by atoms with Crippen LogP contribution in [0.25, 0.3) is 0 Å². The Kier molecular flexibility index (Phi) is 4.98. The van der Waals surface area contributed by atoms with E-state index in [1.165, 1.54) is 0 Å². The Morgan fingerprint density at radius 3 is 2.04 bits per heavy atom. The summed E-state index contributed by atoms with van der Waals surface area (Å²) in [6, 6.07) is 0. The van der Waals surface area contributed by atoms with Crippen LogP contribution in [0.5, 0.6) is 17.2 Å². The summed E-state index contributed by atoms with van der Waals surface area (Å²) >= 11 is 0. The number of ether oxygens (including phenoxy) is 3. The highest BCUT2D eigenvalue weighted by Gasteiger charge is 2.56. The highest BCUT2D eigenvalue weighted by atomic mass is 16.5. The zero-order valence-electron chi connectivity index (χ0n) is 18.1. The third kappa shape index (κ3) is 2.75. The molecule has 4 nitrogen and oxygen atoms in total. The van der Waals surface area contributed by atoms with E-state index < -0.39 is 0 Å². The molecule has 0 radical (unpaired) electrons. The summed E-state index contributed by atoms with van der Waals surface area (Å²) in [7, 11) is 5.09. The average molecular weight is 375 g/mol. The number of carbonyl (C=O) groups excluding carboxylic acids is 1. The van der Waals surface area contributed by atoms with E-state index in [9.17, 15) is 4.79 Å². The van der Waals surface area contributed by atoms with E-state index in [0.29, 0.717) is 12.2 Å². The largest absolute Gasteiger partial charge is 0.496 e. The van der Waals surface area contributed by atoms with Crippen molar-refractivity contribution in [1.82, 2.24) is 0 Å². The van der Waals surface area contributed by atoms with Gasteiger partial charge in [-0.1, -0.05) is 41.0 Å². The third-order valence-electron chi connectivity index (χ3n) is 6.87. The lowest BCUT2D eigenvalue weighted by Crippen LogP contribution is -2.53. The van der Waals surface area contributed by atoms with Crippen LogP contribution in [-0.2, 0) is 16.6 Å². The fourth-order valence-electron chi connectivity index (χ4n) is 6.08. The van der Waals surface area contributed by atoms with Crippen molar-refractivity contribution in [3.8, 4) is 17.2 Å². The molecule has 2 aliphatic carbocycles. The maximum absolute atomic E-state index is 13.4. The van der Waals surface area contributed by atoms with Crippen molar-refractivity contribution >= 4 is 5.78 Å². The molecule has 0 saturated heterocycles. The van der Waals surface area contributed by atoms with Gasteiger partial charge in [0.15, 0.2) is 11.5 Å². The van der Waals surface area contributed by atoms with Crippen molar-refractivity contribution < 1.29 is 19.0 Å². The number of Topliss-reactive ketones (excluding diaryl/α,β-unsaturated/α-hetero) is 1. The number of hydrogen-bond donors (Lipinski definition) is 0. The third-order valence-corrected chi connectivity index (χ3v) is 6.87. The van der Waals surface area contributed by atoms with Crippen LogP contribution in [0.3, 0.4) is 0 Å². The molecule has 0 aliphatic heterocycles. The van der Waals surface area contributed by atoms with Crippen molar-refractivity contribution in [1.29, 1.82) is 0 Å². The summed E-state index contributed by atoms with van der Waals surface area (Å²) in [5.74, 6) is 2.84. The first kappa shape index (κ1) is 20.0. The first-order valence-corrected chi connectivity index (χ1v) is 10.0. The quantitative estimate of drug-likeness (QED) is 0.740. The zero-order valence-corrected chi connectivity index (χ0v) is 18.1. The molecule has 1 saturated carbocycles. The van der Waals surface area contributed by atoms with Gasteiger partial charge in [-0.15, -0.1) is 0 Å². The normalized spacial score (nSPS) is 26.4. The number of hydrogen-bond acceptors (Lipinski definition) is 4. The van der Waals surface area contributed by atoms with E-state index in [4.69, 9.17) is 14.2 Å². The lowest BCUT2D eigenvalue weighted by atomic mass is 9.49. The van der Waals surface area contributed by atoms with E-state index in [2.05, 4.69) is 34.6 Å². The molecule has 150 valence electrons. The van der Waals surface area contributed by atoms with Crippen LogP contribution in [0.1, 0.15) is 76.5 Å². The minimum Gasteiger partial charge on any atom is -0.496 e. The van der Waals surface area contributed by atoms with Crippen LogP contribution < -0.4 is 14.2 Å². The van der Waals surface area contributed by atoms with Crippen molar-refractivity contribution in [3.05, 3.63) is 16.7 Å². The molecule has 1 aromatic rings. The zero-order chi connectivity index (χ0) is 20.1. The Hall–Kier alpha value is -1.71. The molecule has 0 aromatic heterocycles. The van der Waals surface area contributed by atoms with Gasteiger partial charge < -0.3 is 14.2 Å². The van der Waals surface area contributed by atoms with E-state index in [-0.39, 0.29) is 22.7 Å². The Labute approximate surface area is 163 Å². The summed E-state index contributed by atoms with van der Waals surface area (Å²) in [5.41, 5.74) is 2.82. The molecule has 0 heterocycles. The van der Waals surface area contributed by atoms with Crippen LogP contribution in [0.2, 0.25) is 0 Å². The van der Waals surface area contributed by atoms with Crippen molar-refractivity contribution in [2.75, 3.05) is 21.3 Å². The van der Waals surface area contributed by atoms with Crippen LogP contribution in [-0.4, -0.2) is 27.1 Å². The molecule has 0 bridgehead atoms. The lowest BCUT2D eigenvalue weighted by molar-refractivity contribution is -0.132. The summed E-state index contributed by atoms with van der Waals surface area (Å²) in [6.07, 6.45) is 3.56. The second-order valence-electron chi connectivity index (χ2n) is 9.36. The SMILES string of the molecule is COc1c2c(c(OC)c(OC)c1C(C)C)[C@@]1(C)CCCC(C)(C)[C@@H]1C(=O)C2. The summed E-state index contributed by atoms with van der Waals surface area (Å²) in [6.45, 7) is 10.9. The van der Waals surface area contributed by atoms with Crippen molar-refractivity contribution in [3.63, 3.8) is 0 Å². The highest BCUT2D eigenvalue weighted by molar-refractivity contribution is 5.91. The van der Waals surface area contributed by atoms with E-state index in [1.807, 2.05) is 0 Å². The standard InChI is InChI=1S/C23H34O4/c1-13(2)16-18(25-6)14-12-15(24)21-22(3,4)10-9-11-23(21,5)17(14)20(27-8)19(16)26-7/h13,21H,9-12H2,1-8H3/t21-,23+/m0/s1. The summed E-state index contributed by atoms with van der Waals surface area (Å²) in [4.78, 5) is 13.4. The Morgan fingerprint density at radius 2 is 1.52 bits per heavy atom. The van der Waals surface area contributed by atoms with Gasteiger partial charge in [0.25, 0.3) is 0 Å². The van der Waals surface area contributed by atoms with E-state index >= 15 is 0 Å². The minimum atomic E-state index is -0.270. The van der Waals surface area contributed by atoms with Crippen LogP contribution in [0, 0.1) is 11.3 Å². The molecule has 2 aliphatic rings. The predicted octanol–water partition coefficient (Wildman–Crippen LogP) is 5.05. The second-order valence-corrected chi connectivity index (χ2v) is 9.36. The van der Waals surface area contributed by atoms with Gasteiger partial charge in [-0.05, 0) is 24.2 Å². The molecule has 2 atom stereocenters. The van der Waals surface area contributed by atoms with Gasteiger partial charge in [0, 0.05) is 34.4 Å². The number of rotatable bonds is 4. The molecule has 27 heavy (non-hydrogen) atoms. The van der Waals surface area contributed by atoms with Gasteiger partial charge in [-0.25, -0.2) is 0 Å². The van der Waals surface area contributed by atoms with Gasteiger partial charge >= 0.3 is 0 Å². The number of methoxy groups -OCH3 is 3. The predicted molar refractivity (Wildman–Crippen MR) is 107 cm³/mol. The molecule has 0 unspecified atom stereocenters. The number of benzene rings is 1. The molecule has 1 aromatic carbocycles. The summed E-state index contributed by atoms with van der Waals surface area (Å²) in [5, 5.41) is 0. The first-order valence-electron chi connectivity index (χ1n) is 10.0. The molecule has 4 heteroatoms. The minimum absolute atomic E-state index is 0.0144. The van der Waals surface area contributed by atoms with Crippen LogP contribution in [0.15, 0.2) is 0 Å². The van der Waals surface area contributed by atoms with Gasteiger partial charge in [0.2, 0.25) is 0 Å². The van der Waals surface area contributed by atoms with Crippen LogP contribution in [0.4, 0.5) is 0 Å².